The van der Waals surface area contributed by atoms with Crippen molar-refractivity contribution in [1.29, 1.82) is 0 Å². The molecule has 0 saturated heterocycles. The number of hydrogen-bond donors (Lipinski definition) is 0. The van der Waals surface area contributed by atoms with E-state index < -0.39 is 11.6 Å². The Bertz CT molecular complexity index is 228. The summed E-state index contributed by atoms with van der Waals surface area (Å²) >= 11 is 0. The van der Waals surface area contributed by atoms with Crippen LogP contribution in [0, 0.1) is 17.7 Å². The Hall–Kier alpha value is -1.12. The van der Waals surface area contributed by atoms with Crippen molar-refractivity contribution in [3.8, 4) is 5.75 Å². The lowest BCUT2D eigenvalue weighted by molar-refractivity contribution is 0.302. The van der Waals surface area contributed by atoms with Crippen LogP contribution >= 0.6 is 0 Å². The van der Waals surface area contributed by atoms with Crippen molar-refractivity contribution in [2.24, 2.45) is 0 Å². The minimum atomic E-state index is -0.716. The SMILES string of the molecule is CCOc1c(F)c[c]cc1F. The van der Waals surface area contributed by atoms with Crippen LogP contribution in [-0.4, -0.2) is 6.61 Å². The first kappa shape index (κ1) is 7.98. The van der Waals surface area contributed by atoms with Gasteiger partial charge in [0.1, 0.15) is 0 Å². The van der Waals surface area contributed by atoms with E-state index in [0.717, 1.165) is 12.1 Å². The topological polar surface area (TPSA) is 9.23 Å². The molecular weight excluding hydrogens is 150 g/mol. The van der Waals surface area contributed by atoms with Crippen molar-refractivity contribution in [2.45, 2.75) is 6.92 Å². The molecule has 0 aromatic heterocycles. The van der Waals surface area contributed by atoms with Gasteiger partial charge in [0.2, 0.25) is 0 Å². The zero-order valence-electron chi connectivity index (χ0n) is 6.03. The molecule has 0 N–H and O–H groups in total. The van der Waals surface area contributed by atoms with E-state index in [-0.39, 0.29) is 12.4 Å². The lowest BCUT2D eigenvalue weighted by Crippen LogP contribution is -1.97. The summed E-state index contributed by atoms with van der Waals surface area (Å²) in [6.07, 6.45) is 0. The first-order valence-corrected chi connectivity index (χ1v) is 3.23. The average molecular weight is 157 g/mol. The summed E-state index contributed by atoms with van der Waals surface area (Å²) in [5.41, 5.74) is 0. The second-order valence-electron chi connectivity index (χ2n) is 1.91. The van der Waals surface area contributed by atoms with Gasteiger partial charge in [-0.25, -0.2) is 8.78 Å². The summed E-state index contributed by atoms with van der Waals surface area (Å²) in [5.74, 6) is -1.76. The Balaban J connectivity index is 3.00. The second kappa shape index (κ2) is 3.32. The van der Waals surface area contributed by atoms with Crippen LogP contribution in [0.25, 0.3) is 0 Å². The van der Waals surface area contributed by atoms with Crippen molar-refractivity contribution in [2.75, 3.05) is 6.61 Å². The Morgan fingerprint density at radius 1 is 1.36 bits per heavy atom. The number of halogens is 2. The van der Waals surface area contributed by atoms with Gasteiger partial charge in [-0.15, -0.1) is 0 Å². The largest absolute Gasteiger partial charge is 0.488 e. The van der Waals surface area contributed by atoms with E-state index in [1.54, 1.807) is 6.92 Å². The Morgan fingerprint density at radius 3 is 2.36 bits per heavy atom. The van der Waals surface area contributed by atoms with E-state index in [0.29, 0.717) is 0 Å². The monoisotopic (exact) mass is 157 g/mol. The summed E-state index contributed by atoms with van der Waals surface area (Å²) in [4.78, 5) is 0. The molecule has 11 heavy (non-hydrogen) atoms. The third kappa shape index (κ3) is 1.67. The molecule has 0 spiro atoms. The van der Waals surface area contributed by atoms with Crippen molar-refractivity contribution in [3.05, 3.63) is 29.8 Å². The molecule has 0 atom stereocenters. The van der Waals surface area contributed by atoms with Crippen LogP contribution in [0.2, 0.25) is 0 Å². The summed E-state index contributed by atoms with van der Waals surface area (Å²) in [6, 6.07) is 4.37. The van der Waals surface area contributed by atoms with Crippen LogP contribution in [0.5, 0.6) is 5.75 Å². The normalized spacial score (nSPS) is 9.73. The van der Waals surface area contributed by atoms with Crippen molar-refractivity contribution in [1.82, 2.24) is 0 Å². The van der Waals surface area contributed by atoms with Gasteiger partial charge < -0.3 is 4.74 Å². The van der Waals surface area contributed by atoms with E-state index in [1.807, 2.05) is 0 Å². The number of hydrogen-bond acceptors (Lipinski definition) is 1. The van der Waals surface area contributed by atoms with Crippen molar-refractivity contribution < 1.29 is 13.5 Å². The first-order valence-electron chi connectivity index (χ1n) is 3.23. The van der Waals surface area contributed by atoms with Gasteiger partial charge in [0.15, 0.2) is 17.4 Å². The Labute approximate surface area is 63.6 Å². The molecule has 0 saturated carbocycles. The van der Waals surface area contributed by atoms with Gasteiger partial charge >= 0.3 is 0 Å². The lowest BCUT2D eigenvalue weighted by atomic mass is 10.3. The predicted octanol–water partition coefficient (Wildman–Crippen LogP) is 2.16. The maximum absolute atomic E-state index is 12.6. The lowest BCUT2D eigenvalue weighted by Gasteiger charge is -2.03. The highest BCUT2D eigenvalue weighted by Crippen LogP contribution is 2.19. The molecule has 0 aliphatic heterocycles. The minimum Gasteiger partial charge on any atom is -0.488 e. The molecule has 1 aromatic carbocycles. The Morgan fingerprint density at radius 2 is 1.91 bits per heavy atom. The molecule has 0 bridgehead atoms. The molecule has 3 heteroatoms. The van der Waals surface area contributed by atoms with Crippen LogP contribution in [0.1, 0.15) is 6.92 Å². The molecule has 1 aromatic rings. The zero-order valence-corrected chi connectivity index (χ0v) is 6.03. The van der Waals surface area contributed by atoms with Crippen LogP contribution in [-0.2, 0) is 0 Å². The van der Waals surface area contributed by atoms with Crippen LogP contribution in [0.4, 0.5) is 8.78 Å². The maximum atomic E-state index is 12.6. The van der Waals surface area contributed by atoms with Crippen molar-refractivity contribution >= 4 is 0 Å². The van der Waals surface area contributed by atoms with Gasteiger partial charge in [-0.3, -0.25) is 0 Å². The Kier molecular flexibility index (Phi) is 2.41. The van der Waals surface area contributed by atoms with Crippen molar-refractivity contribution in [3.63, 3.8) is 0 Å². The minimum absolute atomic E-state index is 0.248. The van der Waals surface area contributed by atoms with E-state index >= 15 is 0 Å². The molecule has 0 amide bonds. The average Bonchev–Trinajstić information content (AvgIpc) is 1.97. The summed E-state index contributed by atoms with van der Waals surface area (Å²) < 4.78 is 30.0. The molecular formula is C8H7F2O. The van der Waals surface area contributed by atoms with Gasteiger partial charge in [0, 0.05) is 0 Å². The number of ether oxygens (including phenoxy) is 1. The summed E-state index contributed by atoms with van der Waals surface area (Å²) in [6.45, 7) is 1.91. The molecule has 0 fully saturated rings. The standard InChI is InChI=1S/C8H7F2O/c1-2-11-8-6(9)4-3-5-7(8)10/h4-5H,2H2,1H3. The van der Waals surface area contributed by atoms with Crippen LogP contribution < -0.4 is 4.74 Å². The van der Waals surface area contributed by atoms with Crippen LogP contribution in [0.3, 0.4) is 0 Å². The van der Waals surface area contributed by atoms with Gasteiger partial charge in [-0.05, 0) is 25.1 Å². The van der Waals surface area contributed by atoms with Gasteiger partial charge in [0.25, 0.3) is 0 Å². The van der Waals surface area contributed by atoms with E-state index in [1.165, 1.54) is 0 Å². The zero-order chi connectivity index (χ0) is 8.27. The summed E-state index contributed by atoms with van der Waals surface area (Å²) in [7, 11) is 0. The molecule has 1 radical (unpaired) electrons. The predicted molar refractivity (Wildman–Crippen MR) is 36.4 cm³/mol. The smallest absolute Gasteiger partial charge is 0.190 e. The van der Waals surface area contributed by atoms with Gasteiger partial charge in [-0.1, -0.05) is 0 Å². The first-order chi connectivity index (χ1) is 5.25. The van der Waals surface area contributed by atoms with E-state index in [2.05, 4.69) is 6.07 Å². The van der Waals surface area contributed by atoms with Gasteiger partial charge in [-0.2, -0.15) is 0 Å². The highest BCUT2D eigenvalue weighted by atomic mass is 19.1. The fourth-order valence-corrected chi connectivity index (χ4v) is 0.715. The highest BCUT2D eigenvalue weighted by molar-refractivity contribution is 5.25. The van der Waals surface area contributed by atoms with E-state index in [9.17, 15) is 8.78 Å². The third-order valence-electron chi connectivity index (χ3n) is 1.14. The molecule has 59 valence electrons. The van der Waals surface area contributed by atoms with E-state index in [4.69, 9.17) is 4.74 Å². The number of benzene rings is 1. The maximum Gasteiger partial charge on any atom is 0.190 e. The molecule has 1 rings (SSSR count). The van der Waals surface area contributed by atoms with Gasteiger partial charge in [0.05, 0.1) is 6.61 Å². The summed E-state index contributed by atoms with van der Waals surface area (Å²) in [5, 5.41) is 0. The fraction of sp³-hybridized carbons (Fsp3) is 0.250. The molecule has 0 aliphatic rings. The highest BCUT2D eigenvalue weighted by Gasteiger charge is 2.07. The molecule has 0 heterocycles. The second-order valence-corrected chi connectivity index (χ2v) is 1.91. The number of rotatable bonds is 2. The fourth-order valence-electron chi connectivity index (χ4n) is 0.715. The quantitative estimate of drug-likeness (QED) is 0.639. The molecule has 0 aliphatic carbocycles. The molecule has 1 nitrogen and oxygen atoms in total. The van der Waals surface area contributed by atoms with Crippen LogP contribution in [0.15, 0.2) is 12.1 Å². The molecule has 0 unspecified atom stereocenters. The third-order valence-corrected chi connectivity index (χ3v) is 1.14.